The number of rotatable bonds is 4. The monoisotopic (exact) mass is 265 g/mol. The summed E-state index contributed by atoms with van der Waals surface area (Å²) in [5.74, 6) is 5.61. The lowest BCUT2D eigenvalue weighted by Crippen LogP contribution is -2.29. The van der Waals surface area contributed by atoms with Crippen LogP contribution in [0.1, 0.15) is 22.9 Å². The lowest BCUT2D eigenvalue weighted by atomic mass is 10.0. The summed E-state index contributed by atoms with van der Waals surface area (Å²) in [4.78, 5) is 0. The van der Waals surface area contributed by atoms with Crippen molar-refractivity contribution in [3.8, 4) is 0 Å². The Balaban J connectivity index is 2.22. The predicted octanol–water partition coefficient (Wildman–Crippen LogP) is 1.52. The van der Waals surface area contributed by atoms with Gasteiger partial charge in [0.15, 0.2) is 0 Å². The molecule has 1 aromatic heterocycles. The molecule has 3 N–H and O–H groups in total. The molecule has 0 aliphatic rings. The Kier molecular flexibility index (Phi) is 3.96. The van der Waals surface area contributed by atoms with Gasteiger partial charge >= 0.3 is 0 Å². The maximum atomic E-state index is 6.06. The molecule has 1 aromatic carbocycles. The molecule has 0 radical (unpaired) electrons. The molecule has 0 bridgehead atoms. The molecule has 5 nitrogen and oxygen atoms in total. The van der Waals surface area contributed by atoms with Crippen molar-refractivity contribution in [1.82, 2.24) is 20.4 Å². The zero-order valence-electron chi connectivity index (χ0n) is 10.4. The molecular weight excluding hydrogens is 250 g/mol. The van der Waals surface area contributed by atoms with E-state index in [9.17, 15) is 0 Å². The van der Waals surface area contributed by atoms with E-state index >= 15 is 0 Å². The van der Waals surface area contributed by atoms with E-state index in [0.717, 1.165) is 16.8 Å². The van der Waals surface area contributed by atoms with Gasteiger partial charge in [-0.15, -0.1) is 5.10 Å². The number of nitrogens with two attached hydrogens (primary N) is 1. The first-order valence-corrected chi connectivity index (χ1v) is 6.04. The molecule has 2 rings (SSSR count). The van der Waals surface area contributed by atoms with Gasteiger partial charge in [0, 0.05) is 24.7 Å². The number of aryl methyl sites for hydroxylation is 2. The number of nitrogens with one attached hydrogen (secondary N) is 1. The zero-order chi connectivity index (χ0) is 13.1. The Labute approximate surface area is 111 Å². The van der Waals surface area contributed by atoms with Crippen LogP contribution in [0.25, 0.3) is 0 Å². The standard InChI is InChI=1S/C12H16ClN5/c1-8-3-9(5-10(13)4-8)12(15-14)6-11-7-18(2)17-16-11/h3-5,7,12,15H,6,14H2,1-2H3. The van der Waals surface area contributed by atoms with Crippen LogP contribution in [0.15, 0.2) is 24.4 Å². The number of nitrogens with zero attached hydrogens (tertiary/aromatic N) is 3. The summed E-state index contributed by atoms with van der Waals surface area (Å²) >= 11 is 6.06. The van der Waals surface area contributed by atoms with Crippen molar-refractivity contribution in [2.24, 2.45) is 12.9 Å². The zero-order valence-corrected chi connectivity index (χ0v) is 11.1. The molecule has 18 heavy (non-hydrogen) atoms. The summed E-state index contributed by atoms with van der Waals surface area (Å²) in [5, 5.41) is 8.68. The normalized spacial score (nSPS) is 12.7. The van der Waals surface area contributed by atoms with E-state index in [1.54, 1.807) is 4.68 Å². The van der Waals surface area contributed by atoms with Crippen LogP contribution in [0.5, 0.6) is 0 Å². The fourth-order valence-electron chi connectivity index (χ4n) is 1.94. The maximum Gasteiger partial charge on any atom is 0.0846 e. The molecule has 0 aliphatic heterocycles. The molecule has 0 amide bonds. The molecule has 0 aliphatic carbocycles. The molecule has 1 atom stereocenters. The van der Waals surface area contributed by atoms with Gasteiger partial charge < -0.3 is 0 Å². The number of aromatic nitrogens is 3. The van der Waals surface area contributed by atoms with Gasteiger partial charge in [-0.25, -0.2) is 0 Å². The highest BCUT2D eigenvalue weighted by Gasteiger charge is 2.13. The van der Waals surface area contributed by atoms with Crippen LogP contribution in [0.4, 0.5) is 0 Å². The smallest absolute Gasteiger partial charge is 0.0846 e. The van der Waals surface area contributed by atoms with Gasteiger partial charge in [-0.2, -0.15) is 0 Å². The summed E-state index contributed by atoms with van der Waals surface area (Å²) in [6, 6.07) is 5.86. The largest absolute Gasteiger partial charge is 0.271 e. The van der Waals surface area contributed by atoms with Gasteiger partial charge in [0.1, 0.15) is 0 Å². The molecule has 1 unspecified atom stereocenters. The van der Waals surface area contributed by atoms with Crippen molar-refractivity contribution >= 4 is 11.6 Å². The van der Waals surface area contributed by atoms with E-state index in [2.05, 4.69) is 21.8 Å². The quantitative estimate of drug-likeness (QED) is 0.650. The summed E-state index contributed by atoms with van der Waals surface area (Å²) in [6.07, 6.45) is 2.55. The molecular formula is C12H16ClN5. The second kappa shape index (κ2) is 5.48. The second-order valence-electron chi connectivity index (χ2n) is 4.37. The minimum absolute atomic E-state index is 0.0286. The molecule has 0 fully saturated rings. The van der Waals surface area contributed by atoms with Crippen LogP contribution in [0, 0.1) is 6.92 Å². The van der Waals surface area contributed by atoms with Gasteiger partial charge in [0.25, 0.3) is 0 Å². The minimum Gasteiger partial charge on any atom is -0.271 e. The van der Waals surface area contributed by atoms with Gasteiger partial charge in [-0.05, 0) is 30.2 Å². The maximum absolute atomic E-state index is 6.06. The third-order valence-electron chi connectivity index (χ3n) is 2.73. The Morgan fingerprint density at radius 3 is 2.78 bits per heavy atom. The number of hydrazine groups is 1. The molecule has 6 heteroatoms. The number of benzene rings is 1. The first-order valence-electron chi connectivity index (χ1n) is 5.67. The van der Waals surface area contributed by atoms with Gasteiger partial charge in [0.05, 0.1) is 11.7 Å². The Bertz CT molecular complexity index is 517. The highest BCUT2D eigenvalue weighted by atomic mass is 35.5. The van der Waals surface area contributed by atoms with Gasteiger partial charge in [0.2, 0.25) is 0 Å². The Morgan fingerprint density at radius 1 is 1.44 bits per heavy atom. The first kappa shape index (κ1) is 13.0. The van der Waals surface area contributed by atoms with Gasteiger partial charge in [-0.1, -0.05) is 22.9 Å². The SMILES string of the molecule is Cc1cc(Cl)cc(C(Cc2cn(C)nn2)NN)c1. The summed E-state index contributed by atoms with van der Waals surface area (Å²) in [6.45, 7) is 2.01. The van der Waals surface area contributed by atoms with Crippen molar-refractivity contribution in [1.29, 1.82) is 0 Å². The molecule has 0 saturated heterocycles. The van der Waals surface area contributed by atoms with Crippen LogP contribution in [-0.2, 0) is 13.5 Å². The molecule has 96 valence electrons. The Morgan fingerprint density at radius 2 is 2.22 bits per heavy atom. The number of halogens is 1. The minimum atomic E-state index is -0.0286. The van der Waals surface area contributed by atoms with Crippen LogP contribution in [0.2, 0.25) is 5.02 Å². The average molecular weight is 266 g/mol. The fourth-order valence-corrected chi connectivity index (χ4v) is 2.23. The topological polar surface area (TPSA) is 68.8 Å². The van der Waals surface area contributed by atoms with E-state index in [1.807, 2.05) is 32.3 Å². The van der Waals surface area contributed by atoms with Crippen LogP contribution in [0.3, 0.4) is 0 Å². The van der Waals surface area contributed by atoms with E-state index in [4.69, 9.17) is 17.4 Å². The van der Waals surface area contributed by atoms with E-state index in [1.165, 1.54) is 0 Å². The van der Waals surface area contributed by atoms with Crippen molar-refractivity contribution in [2.45, 2.75) is 19.4 Å². The fraction of sp³-hybridized carbons (Fsp3) is 0.333. The van der Waals surface area contributed by atoms with Crippen molar-refractivity contribution in [3.05, 3.63) is 46.2 Å². The van der Waals surface area contributed by atoms with Gasteiger partial charge in [-0.3, -0.25) is 16.0 Å². The molecule has 0 spiro atoms. The highest BCUT2D eigenvalue weighted by molar-refractivity contribution is 6.30. The lowest BCUT2D eigenvalue weighted by molar-refractivity contribution is 0.545. The second-order valence-corrected chi connectivity index (χ2v) is 4.81. The summed E-state index contributed by atoms with van der Waals surface area (Å²) < 4.78 is 1.67. The predicted molar refractivity (Wildman–Crippen MR) is 71.0 cm³/mol. The summed E-state index contributed by atoms with van der Waals surface area (Å²) in [5.41, 5.74) is 5.84. The highest BCUT2D eigenvalue weighted by Crippen LogP contribution is 2.22. The average Bonchev–Trinajstić information content (AvgIpc) is 2.70. The third kappa shape index (κ3) is 3.07. The van der Waals surface area contributed by atoms with Crippen LogP contribution in [-0.4, -0.2) is 15.0 Å². The number of hydrogen-bond acceptors (Lipinski definition) is 4. The third-order valence-corrected chi connectivity index (χ3v) is 2.95. The first-order chi connectivity index (χ1) is 8.58. The van der Waals surface area contributed by atoms with Crippen molar-refractivity contribution in [3.63, 3.8) is 0 Å². The molecule has 1 heterocycles. The lowest BCUT2D eigenvalue weighted by Gasteiger charge is -2.16. The van der Waals surface area contributed by atoms with E-state index in [-0.39, 0.29) is 6.04 Å². The van der Waals surface area contributed by atoms with E-state index in [0.29, 0.717) is 11.4 Å². The summed E-state index contributed by atoms with van der Waals surface area (Å²) in [7, 11) is 1.84. The van der Waals surface area contributed by atoms with E-state index < -0.39 is 0 Å². The Hall–Kier alpha value is -1.43. The van der Waals surface area contributed by atoms with Crippen molar-refractivity contribution in [2.75, 3.05) is 0 Å². The molecule has 0 saturated carbocycles. The van der Waals surface area contributed by atoms with Crippen LogP contribution < -0.4 is 11.3 Å². The number of hydrogen-bond donors (Lipinski definition) is 2. The van der Waals surface area contributed by atoms with Crippen LogP contribution >= 0.6 is 11.6 Å². The molecule has 2 aromatic rings. The van der Waals surface area contributed by atoms with Crippen molar-refractivity contribution < 1.29 is 0 Å².